The van der Waals surface area contributed by atoms with Crippen molar-refractivity contribution in [3.05, 3.63) is 24.3 Å². The van der Waals surface area contributed by atoms with E-state index >= 15 is 0 Å². The molecule has 2 aliphatic rings. The number of carbonyl (C=O) groups excluding carboxylic acids is 1. The van der Waals surface area contributed by atoms with Crippen LogP contribution in [-0.4, -0.2) is 34.0 Å². The molecule has 1 aliphatic carbocycles. The molecule has 0 radical (unpaired) electrons. The third kappa shape index (κ3) is 5.96. The Labute approximate surface area is 152 Å². The van der Waals surface area contributed by atoms with E-state index in [0.717, 1.165) is 44.9 Å². The van der Waals surface area contributed by atoms with Crippen LogP contribution in [0.3, 0.4) is 0 Å². The highest BCUT2D eigenvalue weighted by atomic mass is 16.6. The Hall–Kier alpha value is -1.13. The molecule has 0 unspecified atom stereocenters. The van der Waals surface area contributed by atoms with Gasteiger partial charge in [-0.15, -0.1) is 0 Å². The van der Waals surface area contributed by atoms with E-state index in [1.807, 2.05) is 19.1 Å². The summed E-state index contributed by atoms with van der Waals surface area (Å²) >= 11 is 0. The molecule has 0 aromatic rings. The highest BCUT2D eigenvalue weighted by Gasteiger charge is 2.40. The van der Waals surface area contributed by atoms with Crippen LogP contribution in [0.1, 0.15) is 71.6 Å². The summed E-state index contributed by atoms with van der Waals surface area (Å²) < 4.78 is 5.81. The average molecular weight is 350 g/mol. The van der Waals surface area contributed by atoms with Gasteiger partial charge in [-0.05, 0) is 51.0 Å². The van der Waals surface area contributed by atoms with Gasteiger partial charge in [-0.2, -0.15) is 0 Å². The number of unbranched alkanes of at least 4 members (excludes halogenated alkanes) is 2. The fourth-order valence-corrected chi connectivity index (χ4v) is 3.96. The summed E-state index contributed by atoms with van der Waals surface area (Å²) in [6.07, 6.45) is 14.3. The normalized spacial score (nSPS) is 39.4. The maximum absolute atomic E-state index is 12.2. The zero-order valence-electron chi connectivity index (χ0n) is 15.7. The number of hydrogen-bond donors (Lipinski definition) is 2. The maximum atomic E-state index is 12.2. The van der Waals surface area contributed by atoms with E-state index in [1.165, 1.54) is 0 Å². The molecule has 2 N–H and O–H groups in total. The summed E-state index contributed by atoms with van der Waals surface area (Å²) in [6, 6.07) is 0. The second kappa shape index (κ2) is 9.54. The van der Waals surface area contributed by atoms with Gasteiger partial charge in [0.25, 0.3) is 0 Å². The van der Waals surface area contributed by atoms with Gasteiger partial charge in [0.05, 0.1) is 12.2 Å². The molecule has 0 spiro atoms. The quantitative estimate of drug-likeness (QED) is 0.458. The minimum atomic E-state index is -0.633. The lowest BCUT2D eigenvalue weighted by Gasteiger charge is -2.28. The number of allylic oxidation sites excluding steroid dienone is 2. The van der Waals surface area contributed by atoms with Crippen LogP contribution in [0.4, 0.5) is 0 Å². The van der Waals surface area contributed by atoms with Crippen LogP contribution in [0.15, 0.2) is 24.3 Å². The van der Waals surface area contributed by atoms with E-state index in [4.69, 9.17) is 4.74 Å². The van der Waals surface area contributed by atoms with Crippen LogP contribution in [0.25, 0.3) is 0 Å². The minimum absolute atomic E-state index is 0.0267. The number of hydrogen-bond acceptors (Lipinski definition) is 4. The number of fused-ring (bicyclic) bond motifs is 1. The van der Waals surface area contributed by atoms with E-state index in [9.17, 15) is 15.0 Å². The second-order valence-electron chi connectivity index (χ2n) is 7.81. The summed E-state index contributed by atoms with van der Waals surface area (Å²) in [6.45, 7) is 4.12. The van der Waals surface area contributed by atoms with Crippen LogP contribution in [0, 0.1) is 11.8 Å². The topological polar surface area (TPSA) is 66.8 Å². The van der Waals surface area contributed by atoms with E-state index in [-0.39, 0.29) is 17.8 Å². The van der Waals surface area contributed by atoms with Crippen molar-refractivity contribution < 1.29 is 19.7 Å². The standard InChI is InChI=1S/C21H34O4/c1-3-4-9-13-21(2)14-12-17-16(18(22)15-19(17)23)10-7-5-6-8-11-20(24)25-21/h5,7,12,14,16-19,22-23H,3-4,6,8-11,13,15H2,1-2H3/b7-5-,14-12-/t16-,17-,18+,19-,21+/m1/s1. The Morgan fingerprint density at radius 1 is 1.24 bits per heavy atom. The Balaban J connectivity index is 2.20. The van der Waals surface area contributed by atoms with Crippen LogP contribution < -0.4 is 0 Å². The van der Waals surface area contributed by atoms with Gasteiger partial charge in [0, 0.05) is 18.8 Å². The molecule has 1 aliphatic heterocycles. The number of aliphatic hydroxyl groups is 2. The first kappa shape index (κ1) is 20.2. The Kier molecular flexibility index (Phi) is 7.70. The van der Waals surface area contributed by atoms with Crippen LogP contribution in [-0.2, 0) is 9.53 Å². The maximum Gasteiger partial charge on any atom is 0.306 e. The number of cyclic esters (lactones) is 1. The molecular formula is C21H34O4. The van der Waals surface area contributed by atoms with Gasteiger partial charge in [0.15, 0.2) is 0 Å². The summed E-state index contributed by atoms with van der Waals surface area (Å²) in [5, 5.41) is 20.6. The van der Waals surface area contributed by atoms with E-state index in [2.05, 4.69) is 19.1 Å². The lowest BCUT2D eigenvalue weighted by atomic mass is 9.87. The van der Waals surface area contributed by atoms with E-state index in [1.54, 1.807) is 0 Å². The van der Waals surface area contributed by atoms with Gasteiger partial charge in [-0.25, -0.2) is 0 Å². The lowest BCUT2D eigenvalue weighted by Crippen LogP contribution is -2.30. The fourth-order valence-electron chi connectivity index (χ4n) is 3.96. The molecule has 1 heterocycles. The lowest BCUT2D eigenvalue weighted by molar-refractivity contribution is -0.154. The van der Waals surface area contributed by atoms with Crippen molar-refractivity contribution in [2.75, 3.05) is 0 Å². The predicted molar refractivity (Wildman–Crippen MR) is 99.0 cm³/mol. The van der Waals surface area contributed by atoms with Crippen LogP contribution in [0.5, 0.6) is 0 Å². The first-order valence-corrected chi connectivity index (χ1v) is 9.87. The highest BCUT2D eigenvalue weighted by molar-refractivity contribution is 5.70. The number of esters is 1. The van der Waals surface area contributed by atoms with Crippen LogP contribution in [0.2, 0.25) is 0 Å². The Morgan fingerprint density at radius 2 is 2.04 bits per heavy atom. The summed E-state index contributed by atoms with van der Waals surface area (Å²) in [7, 11) is 0. The zero-order valence-corrected chi connectivity index (χ0v) is 15.7. The smallest absolute Gasteiger partial charge is 0.306 e. The predicted octanol–water partition coefficient (Wildman–Crippen LogP) is 3.91. The molecule has 0 saturated heterocycles. The van der Waals surface area contributed by atoms with Crippen molar-refractivity contribution in [3.8, 4) is 0 Å². The van der Waals surface area contributed by atoms with Crippen molar-refractivity contribution >= 4 is 5.97 Å². The molecule has 0 amide bonds. The largest absolute Gasteiger partial charge is 0.455 e. The van der Waals surface area contributed by atoms with Gasteiger partial charge in [0.2, 0.25) is 0 Å². The molecule has 5 atom stereocenters. The summed E-state index contributed by atoms with van der Waals surface area (Å²) in [4.78, 5) is 12.2. The van der Waals surface area contributed by atoms with Gasteiger partial charge in [0.1, 0.15) is 5.60 Å². The molecule has 4 nitrogen and oxygen atoms in total. The first-order chi connectivity index (χ1) is 11.9. The Morgan fingerprint density at radius 3 is 2.80 bits per heavy atom. The third-order valence-electron chi connectivity index (χ3n) is 5.54. The van der Waals surface area contributed by atoms with Crippen molar-refractivity contribution in [2.24, 2.45) is 11.8 Å². The number of carbonyl (C=O) groups is 1. The number of ether oxygens (including phenoxy) is 1. The van der Waals surface area contributed by atoms with Crippen molar-refractivity contribution in [1.82, 2.24) is 0 Å². The molecule has 0 aromatic carbocycles. The van der Waals surface area contributed by atoms with E-state index in [0.29, 0.717) is 12.8 Å². The molecule has 142 valence electrons. The van der Waals surface area contributed by atoms with Crippen molar-refractivity contribution in [1.29, 1.82) is 0 Å². The number of rotatable bonds is 4. The molecular weight excluding hydrogens is 316 g/mol. The first-order valence-electron chi connectivity index (χ1n) is 9.87. The average Bonchev–Trinajstić information content (AvgIpc) is 2.82. The summed E-state index contributed by atoms with van der Waals surface area (Å²) in [5.74, 6) is -0.219. The molecule has 2 rings (SSSR count). The zero-order chi connectivity index (χ0) is 18.3. The number of aliphatic hydroxyl groups excluding tert-OH is 2. The van der Waals surface area contributed by atoms with Crippen molar-refractivity contribution in [2.45, 2.75) is 89.4 Å². The SMILES string of the molecule is CCCCC[C@@]1(C)/C=C\[C@@H]2[C@@H](C/C=C\CCCC(=O)O1)[C@@H](O)C[C@H]2O. The van der Waals surface area contributed by atoms with Crippen LogP contribution >= 0.6 is 0 Å². The highest BCUT2D eigenvalue weighted by Crippen LogP contribution is 2.37. The van der Waals surface area contributed by atoms with Gasteiger partial charge < -0.3 is 14.9 Å². The van der Waals surface area contributed by atoms with E-state index < -0.39 is 17.8 Å². The molecule has 1 saturated carbocycles. The fraction of sp³-hybridized carbons (Fsp3) is 0.762. The molecule has 0 aromatic heterocycles. The molecule has 25 heavy (non-hydrogen) atoms. The Bertz CT molecular complexity index is 484. The second-order valence-corrected chi connectivity index (χ2v) is 7.81. The molecule has 1 fully saturated rings. The monoisotopic (exact) mass is 350 g/mol. The third-order valence-corrected chi connectivity index (χ3v) is 5.54. The van der Waals surface area contributed by atoms with Crippen molar-refractivity contribution in [3.63, 3.8) is 0 Å². The minimum Gasteiger partial charge on any atom is -0.455 e. The summed E-state index contributed by atoms with van der Waals surface area (Å²) in [5.41, 5.74) is -0.633. The van der Waals surface area contributed by atoms with Gasteiger partial charge in [-0.3, -0.25) is 4.79 Å². The van der Waals surface area contributed by atoms with Gasteiger partial charge in [-0.1, -0.05) is 38.0 Å². The molecule has 4 heteroatoms. The van der Waals surface area contributed by atoms with Gasteiger partial charge >= 0.3 is 5.97 Å². The molecule has 0 bridgehead atoms.